The van der Waals surface area contributed by atoms with Gasteiger partial charge in [-0.05, 0) is 36.4 Å². The standard InChI is InChI=1S/C22H23N3O6/c1-29-17-5-3-16(4-6-17)25-12-14(10-21(25)27)22(28)23-9-8-20(26)24-15-2-7-18-19(11-15)31-13-30-18/h2-7,11,14H,8-10,12-13H2,1H3,(H,23,28)(H,24,26)/t14-/m0/s1. The maximum absolute atomic E-state index is 12.5. The molecular formula is C22H23N3O6. The quantitative estimate of drug-likeness (QED) is 0.702. The number of hydrogen-bond donors (Lipinski definition) is 2. The first-order valence-electron chi connectivity index (χ1n) is 9.95. The summed E-state index contributed by atoms with van der Waals surface area (Å²) < 4.78 is 15.6. The van der Waals surface area contributed by atoms with Crippen LogP contribution in [0.2, 0.25) is 0 Å². The summed E-state index contributed by atoms with van der Waals surface area (Å²) in [7, 11) is 1.58. The Labute approximate surface area is 179 Å². The zero-order valence-corrected chi connectivity index (χ0v) is 17.1. The fraction of sp³-hybridized carbons (Fsp3) is 0.318. The maximum Gasteiger partial charge on any atom is 0.231 e. The number of fused-ring (bicyclic) bond motifs is 1. The molecule has 31 heavy (non-hydrogen) atoms. The number of carbonyl (C=O) groups is 3. The van der Waals surface area contributed by atoms with E-state index in [1.807, 2.05) is 0 Å². The molecule has 1 atom stereocenters. The van der Waals surface area contributed by atoms with Crippen LogP contribution in [0, 0.1) is 5.92 Å². The Hall–Kier alpha value is -3.75. The van der Waals surface area contributed by atoms with Gasteiger partial charge in [-0.25, -0.2) is 0 Å². The molecular weight excluding hydrogens is 402 g/mol. The summed E-state index contributed by atoms with van der Waals surface area (Å²) >= 11 is 0. The van der Waals surface area contributed by atoms with E-state index in [-0.39, 0.29) is 43.9 Å². The number of anilines is 2. The Morgan fingerprint density at radius 1 is 1.13 bits per heavy atom. The number of rotatable bonds is 7. The third-order valence-electron chi connectivity index (χ3n) is 5.19. The molecule has 4 rings (SSSR count). The van der Waals surface area contributed by atoms with Crippen LogP contribution in [0.5, 0.6) is 17.2 Å². The van der Waals surface area contributed by atoms with Crippen molar-refractivity contribution in [3.8, 4) is 17.2 Å². The maximum atomic E-state index is 12.5. The van der Waals surface area contributed by atoms with Crippen LogP contribution in [0.1, 0.15) is 12.8 Å². The highest BCUT2D eigenvalue weighted by Gasteiger charge is 2.35. The SMILES string of the molecule is COc1ccc(N2C[C@@H](C(=O)NCCC(=O)Nc3ccc4c(c3)OCO4)CC2=O)cc1. The molecule has 1 fully saturated rings. The molecule has 9 nitrogen and oxygen atoms in total. The molecule has 1 saturated heterocycles. The summed E-state index contributed by atoms with van der Waals surface area (Å²) in [5.74, 6) is 0.890. The molecule has 0 aromatic heterocycles. The Balaban J connectivity index is 1.23. The van der Waals surface area contributed by atoms with Crippen LogP contribution in [0.3, 0.4) is 0 Å². The van der Waals surface area contributed by atoms with Crippen LogP contribution in [-0.4, -0.2) is 44.7 Å². The van der Waals surface area contributed by atoms with Crippen molar-refractivity contribution in [1.82, 2.24) is 5.32 Å². The summed E-state index contributed by atoms with van der Waals surface area (Å²) in [5.41, 5.74) is 1.32. The van der Waals surface area contributed by atoms with E-state index in [1.54, 1.807) is 54.5 Å². The van der Waals surface area contributed by atoms with E-state index in [1.165, 1.54) is 0 Å². The van der Waals surface area contributed by atoms with Crippen LogP contribution in [0.25, 0.3) is 0 Å². The fourth-order valence-electron chi connectivity index (χ4n) is 3.54. The van der Waals surface area contributed by atoms with E-state index in [9.17, 15) is 14.4 Å². The Morgan fingerprint density at radius 3 is 2.68 bits per heavy atom. The second kappa shape index (κ2) is 8.95. The smallest absolute Gasteiger partial charge is 0.231 e. The molecule has 9 heteroatoms. The van der Waals surface area contributed by atoms with Crippen LogP contribution >= 0.6 is 0 Å². The van der Waals surface area contributed by atoms with Gasteiger partial charge in [-0.2, -0.15) is 0 Å². The lowest BCUT2D eigenvalue weighted by Crippen LogP contribution is -2.34. The molecule has 0 bridgehead atoms. The van der Waals surface area contributed by atoms with Crippen molar-refractivity contribution in [2.24, 2.45) is 5.92 Å². The third-order valence-corrected chi connectivity index (χ3v) is 5.19. The second-order valence-electron chi connectivity index (χ2n) is 7.26. The van der Waals surface area contributed by atoms with E-state index in [0.29, 0.717) is 29.5 Å². The topological polar surface area (TPSA) is 106 Å². The van der Waals surface area contributed by atoms with E-state index in [2.05, 4.69) is 10.6 Å². The summed E-state index contributed by atoms with van der Waals surface area (Å²) in [5, 5.41) is 5.51. The number of nitrogens with one attached hydrogen (secondary N) is 2. The first-order valence-corrected chi connectivity index (χ1v) is 9.95. The zero-order chi connectivity index (χ0) is 21.8. The molecule has 0 aliphatic carbocycles. The number of carbonyl (C=O) groups excluding carboxylic acids is 3. The zero-order valence-electron chi connectivity index (χ0n) is 17.1. The van der Waals surface area contributed by atoms with E-state index >= 15 is 0 Å². The highest BCUT2D eigenvalue weighted by Crippen LogP contribution is 2.34. The number of ether oxygens (including phenoxy) is 3. The van der Waals surface area contributed by atoms with Crippen LogP contribution in [0.15, 0.2) is 42.5 Å². The summed E-state index contributed by atoms with van der Waals surface area (Å²) in [4.78, 5) is 38.5. The summed E-state index contributed by atoms with van der Waals surface area (Å²) in [6, 6.07) is 12.3. The van der Waals surface area contributed by atoms with Gasteiger partial charge >= 0.3 is 0 Å². The lowest BCUT2D eigenvalue weighted by atomic mass is 10.1. The monoisotopic (exact) mass is 425 g/mol. The van der Waals surface area contributed by atoms with Crippen molar-refractivity contribution < 1.29 is 28.6 Å². The molecule has 3 amide bonds. The first kappa shape index (κ1) is 20.5. The van der Waals surface area contributed by atoms with E-state index in [4.69, 9.17) is 14.2 Å². The molecule has 0 unspecified atom stereocenters. The molecule has 2 aliphatic rings. The average molecular weight is 425 g/mol. The van der Waals surface area contributed by atoms with Gasteiger partial charge in [0.15, 0.2) is 11.5 Å². The van der Waals surface area contributed by atoms with Crippen molar-refractivity contribution in [2.45, 2.75) is 12.8 Å². The number of methoxy groups -OCH3 is 1. The summed E-state index contributed by atoms with van der Waals surface area (Å²) in [6.45, 7) is 0.654. The van der Waals surface area contributed by atoms with Gasteiger partial charge in [0, 0.05) is 43.4 Å². The average Bonchev–Trinajstić information content (AvgIpc) is 3.40. The van der Waals surface area contributed by atoms with Crippen LogP contribution in [0.4, 0.5) is 11.4 Å². The molecule has 2 aromatic carbocycles. The molecule has 0 saturated carbocycles. The number of amides is 3. The first-order chi connectivity index (χ1) is 15.0. The minimum atomic E-state index is -0.452. The van der Waals surface area contributed by atoms with Crippen molar-refractivity contribution in [3.05, 3.63) is 42.5 Å². The van der Waals surface area contributed by atoms with Crippen molar-refractivity contribution in [1.29, 1.82) is 0 Å². The van der Waals surface area contributed by atoms with Gasteiger partial charge in [0.25, 0.3) is 0 Å². The molecule has 2 heterocycles. The lowest BCUT2D eigenvalue weighted by molar-refractivity contribution is -0.126. The predicted octanol–water partition coefficient (Wildman–Crippen LogP) is 1.92. The molecule has 2 aliphatic heterocycles. The minimum Gasteiger partial charge on any atom is -0.497 e. The van der Waals surface area contributed by atoms with Gasteiger partial charge in [-0.1, -0.05) is 0 Å². The van der Waals surface area contributed by atoms with Gasteiger partial charge in [-0.3, -0.25) is 14.4 Å². The van der Waals surface area contributed by atoms with E-state index in [0.717, 1.165) is 5.69 Å². The summed E-state index contributed by atoms with van der Waals surface area (Å²) in [6.07, 6.45) is 0.254. The Bertz CT molecular complexity index is 991. The van der Waals surface area contributed by atoms with Gasteiger partial charge in [0.05, 0.1) is 13.0 Å². The van der Waals surface area contributed by atoms with Gasteiger partial charge in [-0.15, -0.1) is 0 Å². The van der Waals surface area contributed by atoms with Gasteiger partial charge in [0.1, 0.15) is 5.75 Å². The van der Waals surface area contributed by atoms with Crippen LogP contribution < -0.4 is 29.7 Å². The van der Waals surface area contributed by atoms with E-state index < -0.39 is 5.92 Å². The molecule has 162 valence electrons. The largest absolute Gasteiger partial charge is 0.497 e. The highest BCUT2D eigenvalue weighted by atomic mass is 16.7. The molecule has 0 radical (unpaired) electrons. The normalized spacial score (nSPS) is 16.9. The van der Waals surface area contributed by atoms with Crippen molar-refractivity contribution in [2.75, 3.05) is 37.2 Å². The lowest BCUT2D eigenvalue weighted by Gasteiger charge is -2.17. The third kappa shape index (κ3) is 4.71. The second-order valence-corrected chi connectivity index (χ2v) is 7.26. The molecule has 2 N–H and O–H groups in total. The van der Waals surface area contributed by atoms with Gasteiger partial charge < -0.3 is 29.7 Å². The number of benzene rings is 2. The van der Waals surface area contributed by atoms with Crippen LogP contribution in [-0.2, 0) is 14.4 Å². The Morgan fingerprint density at radius 2 is 1.90 bits per heavy atom. The van der Waals surface area contributed by atoms with Crippen molar-refractivity contribution in [3.63, 3.8) is 0 Å². The fourth-order valence-corrected chi connectivity index (χ4v) is 3.54. The van der Waals surface area contributed by atoms with Gasteiger partial charge in [0.2, 0.25) is 24.5 Å². The molecule has 2 aromatic rings. The predicted molar refractivity (Wildman–Crippen MR) is 112 cm³/mol. The highest BCUT2D eigenvalue weighted by molar-refractivity contribution is 6.00. The number of nitrogens with zero attached hydrogens (tertiary/aromatic N) is 1. The van der Waals surface area contributed by atoms with Crippen molar-refractivity contribution >= 4 is 29.1 Å². The molecule has 0 spiro atoms. The minimum absolute atomic E-state index is 0.106. The number of hydrogen-bond acceptors (Lipinski definition) is 6. The Kier molecular flexibility index (Phi) is 5.92.